The molecule has 2 aromatic rings. The number of nitrogens with one attached hydrogen (secondary N) is 1. The molecule has 78 valence electrons. The molecule has 0 aliphatic heterocycles. The van der Waals surface area contributed by atoms with E-state index in [-0.39, 0.29) is 0 Å². The van der Waals surface area contributed by atoms with Gasteiger partial charge in [-0.05, 0) is 46.7 Å². The first-order chi connectivity index (χ1) is 7.38. The number of anilines is 1. The molecule has 0 saturated carbocycles. The fourth-order valence-corrected chi connectivity index (χ4v) is 1.91. The van der Waals surface area contributed by atoms with Gasteiger partial charge in [-0.25, -0.2) is 0 Å². The number of benzene rings is 1. The summed E-state index contributed by atoms with van der Waals surface area (Å²) in [4.78, 5) is 0. The minimum absolute atomic E-state index is 0.641. The smallest absolute Gasteiger partial charge is 0.119 e. The van der Waals surface area contributed by atoms with E-state index in [0.717, 1.165) is 11.4 Å². The molecule has 3 heteroatoms. The summed E-state index contributed by atoms with van der Waals surface area (Å²) >= 11 is 1.69. The molecule has 0 unspecified atom stereocenters. The average molecular weight is 219 g/mol. The molecule has 0 fully saturated rings. The Labute approximate surface area is 93.5 Å². The van der Waals surface area contributed by atoms with Crippen LogP contribution in [-0.4, -0.2) is 7.05 Å². The number of ether oxygens (including phenoxy) is 1. The highest BCUT2D eigenvalue weighted by Crippen LogP contribution is 2.17. The zero-order valence-electron chi connectivity index (χ0n) is 8.57. The first kappa shape index (κ1) is 10.1. The van der Waals surface area contributed by atoms with Gasteiger partial charge in [-0.2, -0.15) is 11.3 Å². The molecule has 2 nitrogen and oxygen atoms in total. The van der Waals surface area contributed by atoms with Crippen molar-refractivity contribution in [3.8, 4) is 5.75 Å². The largest absolute Gasteiger partial charge is 0.489 e. The molecule has 0 atom stereocenters. The van der Waals surface area contributed by atoms with Crippen molar-refractivity contribution < 1.29 is 4.74 Å². The van der Waals surface area contributed by atoms with Crippen molar-refractivity contribution in [3.05, 3.63) is 46.7 Å². The maximum Gasteiger partial charge on any atom is 0.119 e. The Morgan fingerprint density at radius 1 is 1.20 bits per heavy atom. The van der Waals surface area contributed by atoms with E-state index in [2.05, 4.69) is 22.1 Å². The topological polar surface area (TPSA) is 21.3 Å². The molecule has 0 bridgehead atoms. The summed E-state index contributed by atoms with van der Waals surface area (Å²) in [7, 11) is 1.90. The number of hydrogen-bond acceptors (Lipinski definition) is 3. The van der Waals surface area contributed by atoms with E-state index in [1.165, 1.54) is 5.56 Å². The van der Waals surface area contributed by atoms with Crippen molar-refractivity contribution in [1.29, 1.82) is 0 Å². The molecule has 2 rings (SSSR count). The number of rotatable bonds is 4. The Hall–Kier alpha value is -1.48. The van der Waals surface area contributed by atoms with Crippen LogP contribution in [0.25, 0.3) is 0 Å². The fraction of sp³-hybridized carbons (Fsp3) is 0.167. The molecule has 1 N–H and O–H groups in total. The lowest BCUT2D eigenvalue weighted by molar-refractivity contribution is 0.307. The molecule has 0 radical (unpaired) electrons. The van der Waals surface area contributed by atoms with Crippen molar-refractivity contribution >= 4 is 17.0 Å². The Balaban J connectivity index is 1.93. The van der Waals surface area contributed by atoms with Gasteiger partial charge >= 0.3 is 0 Å². The highest BCUT2D eigenvalue weighted by Gasteiger charge is 1.96. The Bertz CT molecular complexity index is 394. The normalized spacial score (nSPS) is 9.93. The molecule has 15 heavy (non-hydrogen) atoms. The van der Waals surface area contributed by atoms with E-state index >= 15 is 0 Å². The number of hydrogen-bond donors (Lipinski definition) is 1. The standard InChI is InChI=1S/C12H13NOS/c1-13-11-2-4-12(5-3-11)14-8-10-6-7-15-9-10/h2-7,9,13H,8H2,1H3. The Morgan fingerprint density at radius 3 is 2.60 bits per heavy atom. The van der Waals surface area contributed by atoms with Gasteiger partial charge in [0.2, 0.25) is 0 Å². The van der Waals surface area contributed by atoms with E-state index in [0.29, 0.717) is 6.61 Å². The summed E-state index contributed by atoms with van der Waals surface area (Å²) in [6.07, 6.45) is 0. The predicted octanol–water partition coefficient (Wildman–Crippen LogP) is 3.37. The summed E-state index contributed by atoms with van der Waals surface area (Å²) in [6, 6.07) is 10.0. The maximum absolute atomic E-state index is 5.63. The predicted molar refractivity (Wildman–Crippen MR) is 64.6 cm³/mol. The van der Waals surface area contributed by atoms with Crippen LogP contribution in [0.4, 0.5) is 5.69 Å². The minimum atomic E-state index is 0.641. The van der Waals surface area contributed by atoms with Gasteiger partial charge in [0.25, 0.3) is 0 Å². The zero-order chi connectivity index (χ0) is 10.5. The van der Waals surface area contributed by atoms with Gasteiger partial charge in [0, 0.05) is 12.7 Å². The van der Waals surface area contributed by atoms with Gasteiger partial charge in [0.05, 0.1) is 0 Å². The van der Waals surface area contributed by atoms with Gasteiger partial charge < -0.3 is 10.1 Å². The lowest BCUT2D eigenvalue weighted by Crippen LogP contribution is -1.94. The quantitative estimate of drug-likeness (QED) is 0.851. The SMILES string of the molecule is CNc1ccc(OCc2ccsc2)cc1. The van der Waals surface area contributed by atoms with Gasteiger partial charge in [0.15, 0.2) is 0 Å². The van der Waals surface area contributed by atoms with Crippen molar-refractivity contribution in [2.45, 2.75) is 6.61 Å². The van der Waals surface area contributed by atoms with Crippen LogP contribution >= 0.6 is 11.3 Å². The highest BCUT2D eigenvalue weighted by molar-refractivity contribution is 7.07. The molecule has 0 amide bonds. The van der Waals surface area contributed by atoms with Crippen LogP contribution in [0.3, 0.4) is 0 Å². The van der Waals surface area contributed by atoms with Crippen LogP contribution in [0, 0.1) is 0 Å². The highest BCUT2D eigenvalue weighted by atomic mass is 32.1. The molecule has 0 saturated heterocycles. The van der Waals surface area contributed by atoms with Crippen LogP contribution < -0.4 is 10.1 Å². The summed E-state index contributed by atoms with van der Waals surface area (Å²) in [6.45, 7) is 0.641. The summed E-state index contributed by atoms with van der Waals surface area (Å²) in [5.41, 5.74) is 2.32. The second-order valence-corrected chi connectivity index (χ2v) is 3.97. The van der Waals surface area contributed by atoms with Gasteiger partial charge in [0.1, 0.15) is 12.4 Å². The molecule has 0 spiro atoms. The number of thiophene rings is 1. The molecular formula is C12H13NOS. The van der Waals surface area contributed by atoms with E-state index in [9.17, 15) is 0 Å². The third kappa shape index (κ3) is 2.73. The molecule has 0 aliphatic carbocycles. The molecular weight excluding hydrogens is 206 g/mol. The fourth-order valence-electron chi connectivity index (χ4n) is 1.26. The lowest BCUT2D eigenvalue weighted by Gasteiger charge is -2.05. The Kier molecular flexibility index (Phi) is 3.25. The van der Waals surface area contributed by atoms with E-state index in [4.69, 9.17) is 4.74 Å². The van der Waals surface area contributed by atoms with Gasteiger partial charge in [-0.3, -0.25) is 0 Å². The summed E-state index contributed by atoms with van der Waals surface area (Å²) < 4.78 is 5.63. The van der Waals surface area contributed by atoms with Gasteiger partial charge in [-0.1, -0.05) is 0 Å². The molecule has 0 aliphatic rings. The third-order valence-corrected chi connectivity index (χ3v) is 2.86. The van der Waals surface area contributed by atoms with Gasteiger partial charge in [-0.15, -0.1) is 0 Å². The second-order valence-electron chi connectivity index (χ2n) is 3.19. The average Bonchev–Trinajstić information content (AvgIpc) is 2.80. The first-order valence-electron chi connectivity index (χ1n) is 4.80. The molecule has 1 heterocycles. The van der Waals surface area contributed by atoms with E-state index in [1.807, 2.05) is 31.3 Å². The monoisotopic (exact) mass is 219 g/mol. The van der Waals surface area contributed by atoms with Crippen molar-refractivity contribution in [2.75, 3.05) is 12.4 Å². The summed E-state index contributed by atoms with van der Waals surface area (Å²) in [5.74, 6) is 0.903. The maximum atomic E-state index is 5.63. The zero-order valence-corrected chi connectivity index (χ0v) is 9.38. The second kappa shape index (κ2) is 4.84. The Morgan fingerprint density at radius 2 is 2.00 bits per heavy atom. The van der Waals surface area contributed by atoms with Crippen LogP contribution in [0.1, 0.15) is 5.56 Å². The van der Waals surface area contributed by atoms with Crippen LogP contribution in [0.2, 0.25) is 0 Å². The van der Waals surface area contributed by atoms with Crippen molar-refractivity contribution in [1.82, 2.24) is 0 Å². The van der Waals surface area contributed by atoms with E-state index in [1.54, 1.807) is 11.3 Å². The van der Waals surface area contributed by atoms with Crippen LogP contribution in [0.15, 0.2) is 41.1 Å². The molecule has 1 aromatic carbocycles. The van der Waals surface area contributed by atoms with Crippen LogP contribution in [0.5, 0.6) is 5.75 Å². The molecule has 1 aromatic heterocycles. The van der Waals surface area contributed by atoms with Crippen LogP contribution in [-0.2, 0) is 6.61 Å². The lowest BCUT2D eigenvalue weighted by atomic mass is 10.3. The van der Waals surface area contributed by atoms with E-state index < -0.39 is 0 Å². The first-order valence-corrected chi connectivity index (χ1v) is 5.74. The summed E-state index contributed by atoms with van der Waals surface area (Å²) in [5, 5.41) is 7.23. The van der Waals surface area contributed by atoms with Crippen molar-refractivity contribution in [2.24, 2.45) is 0 Å². The third-order valence-electron chi connectivity index (χ3n) is 2.13. The minimum Gasteiger partial charge on any atom is -0.489 e. The van der Waals surface area contributed by atoms with Crippen molar-refractivity contribution in [3.63, 3.8) is 0 Å².